The SMILES string of the molecule is CC(C)Oc1c(/C(C=N)=C/N)ncn2nc(Nc3ccc(Sc4cccc(CC5CC(c6ccc7c(N8CCC(=O)NC8=O)nn(C)c7c6)C5)c4)cc3F)nc12. The van der Waals surface area contributed by atoms with E-state index in [1.165, 1.54) is 50.9 Å². The van der Waals surface area contributed by atoms with Gasteiger partial charge in [-0.3, -0.25) is 19.7 Å². The molecule has 2 fully saturated rings. The van der Waals surface area contributed by atoms with Crippen molar-refractivity contribution in [1.82, 2.24) is 34.7 Å². The first-order valence-electron chi connectivity index (χ1n) is 18.3. The average Bonchev–Trinajstić information content (AvgIpc) is 3.72. The van der Waals surface area contributed by atoms with Gasteiger partial charge in [-0.05, 0) is 98.5 Å². The van der Waals surface area contributed by atoms with Crippen molar-refractivity contribution in [2.24, 2.45) is 18.7 Å². The Kier molecular flexibility index (Phi) is 9.88. The number of anilines is 3. The van der Waals surface area contributed by atoms with E-state index >= 15 is 4.39 Å². The Labute approximate surface area is 325 Å². The van der Waals surface area contributed by atoms with Crippen molar-refractivity contribution in [1.29, 1.82) is 5.41 Å². The van der Waals surface area contributed by atoms with Gasteiger partial charge in [-0.1, -0.05) is 30.0 Å². The Hall–Kier alpha value is -6.29. The monoisotopic (exact) mass is 773 g/mol. The number of nitrogens with two attached hydrogens (primary N) is 1. The lowest BCUT2D eigenvalue weighted by Gasteiger charge is -2.36. The third-order valence-corrected chi connectivity index (χ3v) is 11.0. The van der Waals surface area contributed by atoms with Crippen molar-refractivity contribution < 1.29 is 18.7 Å². The van der Waals surface area contributed by atoms with E-state index in [0.717, 1.165) is 46.2 Å². The first-order chi connectivity index (χ1) is 27.1. The van der Waals surface area contributed by atoms with Crippen LogP contribution in [-0.4, -0.2) is 60.2 Å². The quantitative estimate of drug-likeness (QED) is 0.0949. The molecule has 0 radical (unpaired) electrons. The predicted molar refractivity (Wildman–Crippen MR) is 213 cm³/mol. The summed E-state index contributed by atoms with van der Waals surface area (Å²) in [6, 6.07) is 19.3. The molecule has 286 valence electrons. The molecule has 5 N–H and O–H groups in total. The average molecular weight is 774 g/mol. The number of carbonyl (C=O) groups is 2. The molecule has 1 aliphatic heterocycles. The van der Waals surface area contributed by atoms with E-state index < -0.39 is 11.8 Å². The summed E-state index contributed by atoms with van der Waals surface area (Å²) in [5, 5.41) is 23.0. The Morgan fingerprint density at radius 2 is 1.95 bits per heavy atom. The number of hydrogen-bond acceptors (Lipinski definition) is 11. The highest BCUT2D eigenvalue weighted by Gasteiger charge is 2.32. The molecule has 0 spiro atoms. The summed E-state index contributed by atoms with van der Waals surface area (Å²) in [6.45, 7) is 4.04. The molecule has 6 aromatic rings. The van der Waals surface area contributed by atoms with Crippen LogP contribution in [0.2, 0.25) is 0 Å². The van der Waals surface area contributed by atoms with E-state index in [1.54, 1.807) is 10.7 Å². The molecule has 0 atom stereocenters. The molecule has 8 rings (SSSR count). The molecule has 16 heteroatoms. The minimum atomic E-state index is -0.450. The van der Waals surface area contributed by atoms with Crippen molar-refractivity contribution in [3.05, 3.63) is 95.8 Å². The number of carbonyl (C=O) groups excluding carboxylic acids is 2. The lowest BCUT2D eigenvalue weighted by atomic mass is 9.69. The summed E-state index contributed by atoms with van der Waals surface area (Å²) in [7, 11) is 1.88. The minimum Gasteiger partial charge on any atom is -0.485 e. The Balaban J connectivity index is 0.897. The second kappa shape index (κ2) is 15.1. The molecule has 0 unspecified atom stereocenters. The van der Waals surface area contributed by atoms with Crippen LogP contribution < -0.4 is 26.0 Å². The third-order valence-electron chi connectivity index (χ3n) is 10.0. The van der Waals surface area contributed by atoms with Gasteiger partial charge in [0.1, 0.15) is 17.8 Å². The molecule has 1 saturated heterocycles. The fourth-order valence-corrected chi connectivity index (χ4v) is 8.20. The number of nitrogens with zero attached hydrogens (tertiary/aromatic N) is 7. The smallest absolute Gasteiger partial charge is 0.329 e. The molecule has 3 aromatic carbocycles. The molecular weight excluding hydrogens is 734 g/mol. The standard InChI is InChI=1S/C40H40FN11O3S/c1-22(2)55-36-35(27(19-42)20-43)44-21-52-38(36)47-39(49-52)45-32-10-8-29(18-31(32)41)56-28-6-4-5-23(16-28)13-24-14-26(15-24)25-7-9-30-33(17-25)50(3)48-37(30)51-12-11-34(53)46-40(51)54/h4-10,16-22,24,26,42H,11-15,43H2,1-3H3,(H,45,49)(H,46,53,54)/b27-20+,42-19?. The van der Waals surface area contributed by atoms with Crippen LogP contribution in [0.15, 0.2) is 83.0 Å². The van der Waals surface area contributed by atoms with Crippen LogP contribution >= 0.6 is 11.8 Å². The van der Waals surface area contributed by atoms with Crippen LogP contribution in [0.25, 0.3) is 22.1 Å². The summed E-state index contributed by atoms with van der Waals surface area (Å²) in [4.78, 5) is 36.3. The molecule has 1 saturated carbocycles. The molecule has 4 heterocycles. The number of urea groups is 1. The number of aryl methyl sites for hydroxylation is 1. The number of halogens is 1. The molecular formula is C40H40FN11O3S. The topological polar surface area (TPSA) is 181 Å². The molecule has 56 heavy (non-hydrogen) atoms. The van der Waals surface area contributed by atoms with E-state index in [0.29, 0.717) is 46.9 Å². The maximum absolute atomic E-state index is 15.5. The van der Waals surface area contributed by atoms with Crippen LogP contribution in [0.1, 0.15) is 55.8 Å². The van der Waals surface area contributed by atoms with Crippen LogP contribution in [0.3, 0.4) is 0 Å². The first kappa shape index (κ1) is 36.7. The number of rotatable bonds is 12. The van der Waals surface area contributed by atoms with Gasteiger partial charge in [0, 0.05) is 53.2 Å². The van der Waals surface area contributed by atoms with Gasteiger partial charge in [0.25, 0.3) is 0 Å². The van der Waals surface area contributed by atoms with E-state index in [9.17, 15) is 9.59 Å². The zero-order valence-electron chi connectivity index (χ0n) is 31.0. The predicted octanol–water partition coefficient (Wildman–Crippen LogP) is 6.96. The summed E-state index contributed by atoms with van der Waals surface area (Å²) in [6.07, 6.45) is 6.96. The van der Waals surface area contributed by atoms with Crippen molar-refractivity contribution in [2.45, 2.75) is 61.3 Å². The van der Waals surface area contributed by atoms with Crippen LogP contribution in [0.4, 0.5) is 26.6 Å². The van der Waals surface area contributed by atoms with E-state index in [4.69, 9.17) is 15.9 Å². The molecule has 14 nitrogen and oxygen atoms in total. The zero-order chi connectivity index (χ0) is 39.1. The number of ether oxygens (including phenoxy) is 1. The van der Waals surface area contributed by atoms with Crippen molar-refractivity contribution in [3.8, 4) is 5.75 Å². The number of hydrogen-bond donors (Lipinski definition) is 4. The summed E-state index contributed by atoms with van der Waals surface area (Å²) >= 11 is 1.50. The Bertz CT molecular complexity index is 2540. The molecule has 3 amide bonds. The fourth-order valence-electron chi connectivity index (χ4n) is 7.27. The van der Waals surface area contributed by atoms with Gasteiger partial charge in [0.15, 0.2) is 11.6 Å². The summed E-state index contributed by atoms with van der Waals surface area (Å²) < 4.78 is 24.7. The van der Waals surface area contributed by atoms with Crippen molar-refractivity contribution >= 4 is 69.5 Å². The molecule has 0 bridgehead atoms. The van der Waals surface area contributed by atoms with Crippen LogP contribution in [0, 0.1) is 17.1 Å². The molecule has 2 aliphatic rings. The lowest BCUT2D eigenvalue weighted by Crippen LogP contribution is -2.49. The number of allylic oxidation sites excluding steroid dienone is 1. The Morgan fingerprint density at radius 1 is 1.12 bits per heavy atom. The number of aromatic nitrogens is 6. The highest BCUT2D eigenvalue weighted by Crippen LogP contribution is 2.45. The number of fused-ring (bicyclic) bond motifs is 2. The summed E-state index contributed by atoms with van der Waals surface area (Å²) in [5.41, 5.74) is 10.5. The van der Waals surface area contributed by atoms with Gasteiger partial charge in [-0.15, -0.1) is 5.10 Å². The maximum atomic E-state index is 15.5. The third kappa shape index (κ3) is 7.26. The van der Waals surface area contributed by atoms with Gasteiger partial charge >= 0.3 is 6.03 Å². The number of nitrogens with one attached hydrogen (secondary N) is 3. The van der Waals surface area contributed by atoms with Crippen LogP contribution in [-0.2, 0) is 18.3 Å². The van der Waals surface area contributed by atoms with E-state index in [1.807, 2.05) is 45.2 Å². The second-order valence-corrected chi connectivity index (χ2v) is 15.4. The largest absolute Gasteiger partial charge is 0.485 e. The number of amides is 3. The van der Waals surface area contributed by atoms with Gasteiger partial charge in [-0.2, -0.15) is 14.6 Å². The maximum Gasteiger partial charge on any atom is 0.329 e. The number of benzene rings is 3. The first-order valence-corrected chi connectivity index (χ1v) is 19.1. The highest BCUT2D eigenvalue weighted by molar-refractivity contribution is 7.99. The zero-order valence-corrected chi connectivity index (χ0v) is 31.8. The van der Waals surface area contributed by atoms with Crippen molar-refractivity contribution in [2.75, 3.05) is 16.8 Å². The van der Waals surface area contributed by atoms with Gasteiger partial charge in [0.2, 0.25) is 17.5 Å². The van der Waals surface area contributed by atoms with Gasteiger partial charge < -0.3 is 21.2 Å². The van der Waals surface area contributed by atoms with E-state index in [-0.39, 0.29) is 30.1 Å². The van der Waals surface area contributed by atoms with E-state index in [2.05, 4.69) is 55.1 Å². The van der Waals surface area contributed by atoms with Gasteiger partial charge in [-0.25, -0.2) is 14.2 Å². The second-order valence-electron chi connectivity index (χ2n) is 14.3. The van der Waals surface area contributed by atoms with Crippen molar-refractivity contribution in [3.63, 3.8) is 0 Å². The highest BCUT2D eigenvalue weighted by atomic mass is 32.2. The van der Waals surface area contributed by atoms with Crippen LogP contribution in [0.5, 0.6) is 5.75 Å². The normalized spacial score (nSPS) is 17.4. The van der Waals surface area contributed by atoms with Gasteiger partial charge in [0.05, 0.1) is 17.3 Å². The molecule has 1 aliphatic carbocycles. The summed E-state index contributed by atoms with van der Waals surface area (Å²) in [5.74, 6) is 1.32. The molecule has 3 aromatic heterocycles. The lowest BCUT2D eigenvalue weighted by molar-refractivity contribution is -0.120. The fraction of sp³-hybridized carbons (Fsp3) is 0.275. The Morgan fingerprint density at radius 3 is 2.70 bits per heavy atom. The minimum absolute atomic E-state index is 0.158. The number of imide groups is 1.